The van der Waals surface area contributed by atoms with E-state index in [0.29, 0.717) is 19.0 Å². The summed E-state index contributed by atoms with van der Waals surface area (Å²) in [4.78, 5) is 19.8. The summed E-state index contributed by atoms with van der Waals surface area (Å²) < 4.78 is 0. The summed E-state index contributed by atoms with van der Waals surface area (Å²) in [5.41, 5.74) is -0.0421. The molecule has 1 N–H and O–H groups in total. The van der Waals surface area contributed by atoms with Gasteiger partial charge >= 0.3 is 0 Å². The molecular weight excluding hydrogens is 284 g/mol. The van der Waals surface area contributed by atoms with Gasteiger partial charge in [-0.25, -0.2) is 4.98 Å². The Labute approximate surface area is 131 Å². The van der Waals surface area contributed by atoms with E-state index in [9.17, 15) is 9.90 Å². The molecule has 1 aromatic heterocycles. The fraction of sp³-hybridized carbons (Fsp3) is 0.750. The first kappa shape index (κ1) is 16.4. The van der Waals surface area contributed by atoms with E-state index in [1.165, 1.54) is 25.7 Å². The average Bonchev–Trinajstić information content (AvgIpc) is 3.02. The highest BCUT2D eigenvalue weighted by molar-refractivity contribution is 7.13. The molecule has 0 aromatic carbocycles. The second-order valence-electron chi connectivity index (χ2n) is 6.58. The normalized spacial score (nSPS) is 16.4. The lowest BCUT2D eigenvalue weighted by Gasteiger charge is -2.27. The summed E-state index contributed by atoms with van der Waals surface area (Å²) >= 11 is 1.55. The number of hydrogen-bond donors (Lipinski definition) is 1. The van der Waals surface area contributed by atoms with Gasteiger partial charge in [-0.1, -0.05) is 12.8 Å². The van der Waals surface area contributed by atoms with Gasteiger partial charge in [-0.3, -0.25) is 4.79 Å². The molecule has 118 valence electrons. The molecule has 21 heavy (non-hydrogen) atoms. The maximum absolute atomic E-state index is 12.7. The number of rotatable bonds is 5. The van der Waals surface area contributed by atoms with Gasteiger partial charge in [-0.2, -0.15) is 0 Å². The van der Waals surface area contributed by atoms with Crippen molar-refractivity contribution in [1.82, 2.24) is 9.88 Å². The zero-order chi connectivity index (χ0) is 15.6. The van der Waals surface area contributed by atoms with Crippen molar-refractivity contribution >= 4 is 17.2 Å². The lowest BCUT2D eigenvalue weighted by Crippen LogP contribution is -2.42. The summed E-state index contributed by atoms with van der Waals surface area (Å²) in [5, 5.41) is 11.1. The molecule has 2 rings (SSSR count). The van der Waals surface area contributed by atoms with E-state index >= 15 is 0 Å². The lowest BCUT2D eigenvalue weighted by molar-refractivity contribution is 0.0316. The Kier molecular flexibility index (Phi) is 5.04. The third-order valence-electron chi connectivity index (χ3n) is 3.96. The number of aromatic nitrogens is 1. The van der Waals surface area contributed by atoms with Gasteiger partial charge in [0.2, 0.25) is 0 Å². The van der Waals surface area contributed by atoms with E-state index in [1.54, 1.807) is 30.1 Å². The van der Waals surface area contributed by atoms with Crippen LogP contribution in [-0.4, -0.2) is 39.6 Å². The molecule has 0 saturated heterocycles. The molecule has 0 unspecified atom stereocenters. The largest absolute Gasteiger partial charge is 0.389 e. The van der Waals surface area contributed by atoms with E-state index in [1.807, 2.05) is 13.8 Å². The van der Waals surface area contributed by atoms with Crippen LogP contribution in [0.2, 0.25) is 0 Å². The maximum Gasteiger partial charge on any atom is 0.265 e. The van der Waals surface area contributed by atoms with E-state index in [0.717, 1.165) is 15.6 Å². The molecule has 1 saturated carbocycles. The summed E-state index contributed by atoms with van der Waals surface area (Å²) in [6.45, 7) is 8.26. The zero-order valence-corrected chi connectivity index (χ0v) is 14.3. The molecule has 1 heterocycles. The molecule has 0 bridgehead atoms. The summed E-state index contributed by atoms with van der Waals surface area (Å²) in [7, 11) is 0. The number of hydrogen-bond acceptors (Lipinski definition) is 4. The molecule has 0 radical (unpaired) electrons. The van der Waals surface area contributed by atoms with Crippen LogP contribution in [0.1, 0.15) is 72.7 Å². The topological polar surface area (TPSA) is 53.4 Å². The third kappa shape index (κ3) is 4.04. The first-order valence-electron chi connectivity index (χ1n) is 7.81. The minimum Gasteiger partial charge on any atom is -0.389 e. The molecule has 1 aliphatic rings. The Hall–Kier alpha value is -0.940. The number of amides is 1. The quantitative estimate of drug-likeness (QED) is 0.907. The van der Waals surface area contributed by atoms with Gasteiger partial charge in [0.05, 0.1) is 16.3 Å². The fourth-order valence-electron chi connectivity index (χ4n) is 2.90. The molecule has 0 spiro atoms. The highest BCUT2D eigenvalue weighted by Gasteiger charge is 2.27. The van der Waals surface area contributed by atoms with E-state index < -0.39 is 5.60 Å². The Bertz CT molecular complexity index is 499. The highest BCUT2D eigenvalue weighted by Crippen LogP contribution is 2.37. The van der Waals surface area contributed by atoms with Gasteiger partial charge in [0.1, 0.15) is 4.88 Å². The number of nitrogens with zero attached hydrogens (tertiary/aromatic N) is 2. The number of aliphatic hydroxyl groups is 1. The Morgan fingerprint density at radius 3 is 2.57 bits per heavy atom. The van der Waals surface area contributed by atoms with Crippen LogP contribution < -0.4 is 0 Å². The standard InChI is InChI=1S/C16H26N2O2S/c1-5-18(10-16(3,4)20)15(19)13-11(2)17-14(21-13)12-8-6-7-9-12/h12,20H,5-10H2,1-4H3. The molecule has 1 fully saturated rings. The van der Waals surface area contributed by atoms with Crippen molar-refractivity contribution in [3.63, 3.8) is 0 Å². The van der Waals surface area contributed by atoms with E-state index in [-0.39, 0.29) is 5.91 Å². The zero-order valence-electron chi connectivity index (χ0n) is 13.5. The summed E-state index contributed by atoms with van der Waals surface area (Å²) in [6.07, 6.45) is 4.93. The van der Waals surface area contributed by atoms with E-state index in [4.69, 9.17) is 0 Å². The second-order valence-corrected chi connectivity index (χ2v) is 7.61. The lowest BCUT2D eigenvalue weighted by atomic mass is 10.1. The van der Waals surface area contributed by atoms with Crippen molar-refractivity contribution in [1.29, 1.82) is 0 Å². The maximum atomic E-state index is 12.7. The van der Waals surface area contributed by atoms with Crippen molar-refractivity contribution in [3.8, 4) is 0 Å². The molecule has 1 aliphatic carbocycles. The molecular formula is C16H26N2O2S. The van der Waals surface area contributed by atoms with Crippen LogP contribution >= 0.6 is 11.3 Å². The van der Waals surface area contributed by atoms with Crippen molar-refractivity contribution in [2.24, 2.45) is 0 Å². The van der Waals surface area contributed by atoms with Crippen LogP contribution in [0.15, 0.2) is 0 Å². The van der Waals surface area contributed by atoms with Gasteiger partial charge in [0, 0.05) is 19.0 Å². The Balaban J connectivity index is 2.17. The summed E-state index contributed by atoms with van der Waals surface area (Å²) in [6, 6.07) is 0. The van der Waals surface area contributed by atoms with Gasteiger partial charge in [-0.05, 0) is 40.5 Å². The highest BCUT2D eigenvalue weighted by atomic mass is 32.1. The van der Waals surface area contributed by atoms with Crippen LogP contribution in [0.25, 0.3) is 0 Å². The number of carbonyl (C=O) groups is 1. The van der Waals surface area contributed by atoms with Crippen molar-refractivity contribution in [2.75, 3.05) is 13.1 Å². The molecule has 0 atom stereocenters. The van der Waals surface area contributed by atoms with Crippen LogP contribution in [0.4, 0.5) is 0 Å². The SMILES string of the molecule is CCN(CC(C)(C)O)C(=O)c1sc(C2CCCC2)nc1C. The second kappa shape index (κ2) is 6.44. The molecule has 5 heteroatoms. The third-order valence-corrected chi connectivity index (χ3v) is 5.27. The van der Waals surface area contributed by atoms with Gasteiger partial charge < -0.3 is 10.0 Å². The Morgan fingerprint density at radius 1 is 1.43 bits per heavy atom. The van der Waals surface area contributed by atoms with Gasteiger partial charge in [-0.15, -0.1) is 11.3 Å². The first-order chi connectivity index (χ1) is 9.81. The fourth-order valence-corrected chi connectivity index (χ4v) is 4.10. The molecule has 1 amide bonds. The number of carbonyl (C=O) groups excluding carboxylic acids is 1. The number of aryl methyl sites for hydroxylation is 1. The van der Waals surface area contributed by atoms with Gasteiger partial charge in [0.15, 0.2) is 0 Å². The minimum atomic E-state index is -0.876. The van der Waals surface area contributed by atoms with Crippen LogP contribution in [0.3, 0.4) is 0 Å². The predicted molar refractivity (Wildman–Crippen MR) is 85.9 cm³/mol. The summed E-state index contributed by atoms with van der Waals surface area (Å²) in [5.74, 6) is 0.540. The molecule has 4 nitrogen and oxygen atoms in total. The van der Waals surface area contributed by atoms with Gasteiger partial charge in [0.25, 0.3) is 5.91 Å². The van der Waals surface area contributed by atoms with Crippen LogP contribution in [-0.2, 0) is 0 Å². The van der Waals surface area contributed by atoms with Crippen molar-refractivity contribution < 1.29 is 9.90 Å². The monoisotopic (exact) mass is 310 g/mol. The smallest absolute Gasteiger partial charge is 0.265 e. The van der Waals surface area contributed by atoms with Crippen LogP contribution in [0.5, 0.6) is 0 Å². The number of thiazole rings is 1. The van der Waals surface area contributed by atoms with Crippen LogP contribution in [0, 0.1) is 6.92 Å². The van der Waals surface area contributed by atoms with Crippen molar-refractivity contribution in [3.05, 3.63) is 15.6 Å². The first-order valence-corrected chi connectivity index (χ1v) is 8.62. The molecule has 0 aliphatic heterocycles. The van der Waals surface area contributed by atoms with E-state index in [2.05, 4.69) is 4.98 Å². The number of likely N-dealkylation sites (N-methyl/N-ethyl adjacent to an activating group) is 1. The van der Waals surface area contributed by atoms with Crippen molar-refractivity contribution in [2.45, 2.75) is 64.9 Å². The molecule has 1 aromatic rings. The average molecular weight is 310 g/mol. The Morgan fingerprint density at radius 2 is 2.05 bits per heavy atom. The predicted octanol–water partition coefficient (Wildman–Crippen LogP) is 3.34. The minimum absolute atomic E-state index is 0.00104.